The van der Waals surface area contributed by atoms with Crippen LogP contribution in [-0.2, 0) is 0 Å². The van der Waals surface area contributed by atoms with E-state index in [9.17, 15) is 5.11 Å². The number of hydrogen-bond acceptors (Lipinski definition) is 3. The summed E-state index contributed by atoms with van der Waals surface area (Å²) in [5.74, 6) is 1.40. The molecular weight excluding hydrogens is 311 g/mol. The molecule has 2 aromatic carbocycles. The second kappa shape index (κ2) is 7.81. The summed E-state index contributed by atoms with van der Waals surface area (Å²) in [6.45, 7) is 0.840. The van der Waals surface area contributed by atoms with E-state index in [-0.39, 0.29) is 10.8 Å². The SMILES string of the molecule is Oc1ccc(OC/C=C\COc2ccc(Cl)cc2)cc1Cl. The molecular formula is C16H14Cl2O3. The van der Waals surface area contributed by atoms with Crippen molar-refractivity contribution in [3.05, 3.63) is 64.7 Å². The van der Waals surface area contributed by atoms with Gasteiger partial charge in [-0.25, -0.2) is 0 Å². The van der Waals surface area contributed by atoms with Gasteiger partial charge in [0.2, 0.25) is 0 Å². The van der Waals surface area contributed by atoms with Crippen molar-refractivity contribution in [2.75, 3.05) is 13.2 Å². The Labute approximate surface area is 133 Å². The van der Waals surface area contributed by atoms with Gasteiger partial charge in [0.1, 0.15) is 30.5 Å². The first kappa shape index (κ1) is 15.5. The van der Waals surface area contributed by atoms with E-state index in [1.165, 1.54) is 6.07 Å². The third-order valence-corrected chi connectivity index (χ3v) is 3.15. The van der Waals surface area contributed by atoms with Crippen LogP contribution in [0.15, 0.2) is 54.6 Å². The summed E-state index contributed by atoms with van der Waals surface area (Å²) in [4.78, 5) is 0. The summed E-state index contributed by atoms with van der Waals surface area (Å²) in [5, 5.41) is 10.2. The number of rotatable bonds is 6. The first-order valence-corrected chi connectivity index (χ1v) is 7.05. The van der Waals surface area contributed by atoms with Crippen LogP contribution in [-0.4, -0.2) is 18.3 Å². The van der Waals surface area contributed by atoms with Crippen molar-refractivity contribution in [1.82, 2.24) is 0 Å². The Kier molecular flexibility index (Phi) is 5.78. The van der Waals surface area contributed by atoms with Crippen LogP contribution in [0.4, 0.5) is 0 Å². The normalized spacial score (nSPS) is 10.8. The Morgan fingerprint density at radius 3 is 2.05 bits per heavy atom. The number of aromatic hydroxyl groups is 1. The van der Waals surface area contributed by atoms with Gasteiger partial charge in [-0.05, 0) is 48.6 Å². The van der Waals surface area contributed by atoms with Gasteiger partial charge in [-0.3, -0.25) is 0 Å². The van der Waals surface area contributed by atoms with Gasteiger partial charge in [0, 0.05) is 11.1 Å². The topological polar surface area (TPSA) is 38.7 Å². The maximum absolute atomic E-state index is 9.28. The smallest absolute Gasteiger partial charge is 0.134 e. The maximum Gasteiger partial charge on any atom is 0.134 e. The first-order valence-electron chi connectivity index (χ1n) is 6.30. The molecule has 0 aliphatic rings. The molecule has 0 bridgehead atoms. The molecule has 0 radical (unpaired) electrons. The van der Waals surface area contributed by atoms with Gasteiger partial charge >= 0.3 is 0 Å². The van der Waals surface area contributed by atoms with E-state index >= 15 is 0 Å². The Morgan fingerprint density at radius 1 is 0.857 bits per heavy atom. The molecule has 21 heavy (non-hydrogen) atoms. The number of benzene rings is 2. The average Bonchev–Trinajstić information content (AvgIpc) is 2.48. The quantitative estimate of drug-likeness (QED) is 0.782. The van der Waals surface area contributed by atoms with Crippen LogP contribution in [0.5, 0.6) is 17.2 Å². The van der Waals surface area contributed by atoms with E-state index < -0.39 is 0 Å². The summed E-state index contributed by atoms with van der Waals surface area (Å²) in [5.41, 5.74) is 0. The predicted molar refractivity (Wildman–Crippen MR) is 84.7 cm³/mol. The lowest BCUT2D eigenvalue weighted by molar-refractivity contribution is 0.350. The minimum atomic E-state index is 0.0379. The summed E-state index contributed by atoms with van der Waals surface area (Å²) in [6, 6.07) is 11.9. The van der Waals surface area contributed by atoms with Gasteiger partial charge in [-0.1, -0.05) is 23.2 Å². The van der Waals surface area contributed by atoms with Crippen LogP contribution in [0.25, 0.3) is 0 Å². The monoisotopic (exact) mass is 324 g/mol. The standard InChI is InChI=1S/C16H14Cl2O3/c17-12-3-5-13(6-4-12)20-9-1-2-10-21-14-7-8-16(19)15(18)11-14/h1-8,11,19H,9-10H2/b2-1-. The maximum atomic E-state index is 9.28. The van der Waals surface area contributed by atoms with Crippen molar-refractivity contribution in [2.24, 2.45) is 0 Å². The molecule has 0 saturated carbocycles. The van der Waals surface area contributed by atoms with E-state index in [0.29, 0.717) is 24.0 Å². The minimum Gasteiger partial charge on any atom is -0.506 e. The van der Waals surface area contributed by atoms with Crippen molar-refractivity contribution in [2.45, 2.75) is 0 Å². The van der Waals surface area contributed by atoms with Gasteiger partial charge in [-0.15, -0.1) is 0 Å². The molecule has 0 unspecified atom stereocenters. The van der Waals surface area contributed by atoms with Crippen LogP contribution in [0, 0.1) is 0 Å². The summed E-state index contributed by atoms with van der Waals surface area (Å²) < 4.78 is 10.9. The zero-order valence-corrected chi connectivity index (χ0v) is 12.6. The van der Waals surface area contributed by atoms with Gasteiger partial charge in [0.15, 0.2) is 0 Å². The van der Waals surface area contributed by atoms with Crippen molar-refractivity contribution in [3.8, 4) is 17.2 Å². The van der Waals surface area contributed by atoms with Gasteiger partial charge in [0.25, 0.3) is 0 Å². The van der Waals surface area contributed by atoms with Crippen molar-refractivity contribution in [1.29, 1.82) is 0 Å². The average molecular weight is 325 g/mol. The van der Waals surface area contributed by atoms with Crippen molar-refractivity contribution >= 4 is 23.2 Å². The lowest BCUT2D eigenvalue weighted by Gasteiger charge is -2.05. The Hall–Kier alpha value is -1.84. The fourth-order valence-corrected chi connectivity index (χ4v) is 1.83. The first-order chi connectivity index (χ1) is 10.1. The van der Waals surface area contributed by atoms with E-state index in [1.54, 1.807) is 24.3 Å². The molecule has 0 spiro atoms. The molecule has 0 aromatic heterocycles. The van der Waals surface area contributed by atoms with Crippen LogP contribution in [0.1, 0.15) is 0 Å². The third kappa shape index (κ3) is 5.21. The molecule has 1 N–H and O–H groups in total. The highest BCUT2D eigenvalue weighted by molar-refractivity contribution is 6.32. The Balaban J connectivity index is 1.70. The number of hydrogen-bond donors (Lipinski definition) is 1. The number of phenols is 1. The third-order valence-electron chi connectivity index (χ3n) is 2.59. The highest BCUT2D eigenvalue weighted by Gasteiger charge is 1.99. The van der Waals surface area contributed by atoms with Gasteiger partial charge in [0.05, 0.1) is 5.02 Å². The highest BCUT2D eigenvalue weighted by Crippen LogP contribution is 2.27. The molecule has 0 aliphatic heterocycles. The number of phenolic OH excluding ortho intramolecular Hbond substituents is 1. The molecule has 0 aliphatic carbocycles. The number of ether oxygens (including phenoxy) is 2. The molecule has 0 fully saturated rings. The lowest BCUT2D eigenvalue weighted by atomic mass is 10.3. The van der Waals surface area contributed by atoms with E-state index in [1.807, 2.05) is 24.3 Å². The molecule has 5 heteroatoms. The van der Waals surface area contributed by atoms with E-state index in [0.717, 1.165) is 5.75 Å². The molecule has 0 saturated heterocycles. The van der Waals surface area contributed by atoms with Gasteiger partial charge < -0.3 is 14.6 Å². The number of halogens is 2. The minimum absolute atomic E-state index is 0.0379. The van der Waals surface area contributed by atoms with Crippen LogP contribution in [0.3, 0.4) is 0 Å². The fourth-order valence-electron chi connectivity index (χ4n) is 1.53. The molecule has 0 heterocycles. The lowest BCUT2D eigenvalue weighted by Crippen LogP contribution is -1.96. The molecule has 3 nitrogen and oxygen atoms in total. The molecule has 2 rings (SSSR count). The molecule has 110 valence electrons. The summed E-state index contributed by atoms with van der Waals surface area (Å²) in [6.07, 6.45) is 3.70. The zero-order valence-electron chi connectivity index (χ0n) is 11.1. The second-order valence-corrected chi connectivity index (χ2v) is 5.00. The molecule has 0 amide bonds. The van der Waals surface area contributed by atoms with Crippen LogP contribution >= 0.6 is 23.2 Å². The van der Waals surface area contributed by atoms with E-state index in [4.69, 9.17) is 32.7 Å². The summed E-state index contributed by atoms with van der Waals surface area (Å²) >= 11 is 11.6. The zero-order chi connectivity index (χ0) is 15.1. The second-order valence-electron chi connectivity index (χ2n) is 4.16. The molecule has 0 atom stereocenters. The van der Waals surface area contributed by atoms with Gasteiger partial charge in [-0.2, -0.15) is 0 Å². The van der Waals surface area contributed by atoms with E-state index in [2.05, 4.69) is 0 Å². The van der Waals surface area contributed by atoms with Crippen molar-refractivity contribution in [3.63, 3.8) is 0 Å². The Bertz CT molecular complexity index is 609. The Morgan fingerprint density at radius 2 is 1.43 bits per heavy atom. The highest BCUT2D eigenvalue weighted by atomic mass is 35.5. The largest absolute Gasteiger partial charge is 0.506 e. The fraction of sp³-hybridized carbons (Fsp3) is 0.125. The molecule has 2 aromatic rings. The predicted octanol–water partition coefficient (Wildman–Crippen LogP) is 4.71. The van der Waals surface area contributed by atoms with Crippen molar-refractivity contribution < 1.29 is 14.6 Å². The van der Waals surface area contributed by atoms with Crippen LogP contribution in [0.2, 0.25) is 10.0 Å². The van der Waals surface area contributed by atoms with Crippen LogP contribution < -0.4 is 9.47 Å². The summed E-state index contributed by atoms with van der Waals surface area (Å²) in [7, 11) is 0.